The number of rotatable bonds is 3. The van der Waals surface area contributed by atoms with Gasteiger partial charge in [-0.25, -0.2) is 0 Å². The Labute approximate surface area is 83.9 Å². The van der Waals surface area contributed by atoms with Crippen LogP contribution >= 0.6 is 0 Å². The Kier molecular flexibility index (Phi) is 3.65. The van der Waals surface area contributed by atoms with Gasteiger partial charge < -0.3 is 10.5 Å². The number of carbonyl (C=O) groups excluding carboxylic acids is 1. The van der Waals surface area contributed by atoms with E-state index >= 15 is 0 Å². The molecule has 0 radical (unpaired) electrons. The molecule has 0 saturated carbocycles. The van der Waals surface area contributed by atoms with Crippen LogP contribution in [0.1, 0.15) is 25.5 Å². The summed E-state index contributed by atoms with van der Waals surface area (Å²) >= 11 is 0. The van der Waals surface area contributed by atoms with Crippen LogP contribution in [0.15, 0.2) is 30.3 Å². The van der Waals surface area contributed by atoms with Crippen LogP contribution in [0.2, 0.25) is 0 Å². The predicted molar refractivity (Wildman–Crippen MR) is 54.6 cm³/mol. The van der Waals surface area contributed by atoms with Crippen molar-refractivity contribution in [3.8, 4) is 0 Å². The lowest BCUT2D eigenvalue weighted by molar-refractivity contribution is -0.147. The van der Waals surface area contributed by atoms with Gasteiger partial charge >= 0.3 is 5.97 Å². The second-order valence-corrected chi connectivity index (χ2v) is 3.30. The summed E-state index contributed by atoms with van der Waals surface area (Å²) in [5, 5.41) is 0. The summed E-state index contributed by atoms with van der Waals surface area (Å²) in [6.07, 6.45) is -0.353. The van der Waals surface area contributed by atoms with Crippen molar-refractivity contribution in [2.45, 2.75) is 26.0 Å². The molecular weight excluding hydrogens is 178 g/mol. The maximum Gasteiger partial charge on any atom is 0.303 e. The molecular formula is C11H15NO2. The maximum atomic E-state index is 10.9. The van der Waals surface area contributed by atoms with Gasteiger partial charge in [0.25, 0.3) is 0 Å². The van der Waals surface area contributed by atoms with Crippen molar-refractivity contribution >= 4 is 5.97 Å². The van der Waals surface area contributed by atoms with Gasteiger partial charge in [-0.15, -0.1) is 0 Å². The SMILES string of the molecule is CC(=O)O[C@H](c1ccccc1)[C@H](C)N. The van der Waals surface area contributed by atoms with E-state index in [1.54, 1.807) is 0 Å². The van der Waals surface area contributed by atoms with Gasteiger partial charge in [0, 0.05) is 13.0 Å². The molecule has 76 valence electrons. The third kappa shape index (κ3) is 2.85. The summed E-state index contributed by atoms with van der Waals surface area (Å²) in [6, 6.07) is 9.30. The first-order valence-electron chi connectivity index (χ1n) is 4.59. The molecule has 1 aromatic rings. The quantitative estimate of drug-likeness (QED) is 0.742. The lowest BCUT2D eigenvalue weighted by Crippen LogP contribution is -2.28. The van der Waals surface area contributed by atoms with Crippen LogP contribution in [0, 0.1) is 0 Å². The van der Waals surface area contributed by atoms with Gasteiger partial charge in [-0.3, -0.25) is 4.79 Å². The van der Waals surface area contributed by atoms with E-state index in [-0.39, 0.29) is 18.1 Å². The Hall–Kier alpha value is -1.35. The molecule has 0 aliphatic rings. The first-order valence-corrected chi connectivity index (χ1v) is 4.59. The van der Waals surface area contributed by atoms with E-state index in [0.717, 1.165) is 5.56 Å². The third-order valence-corrected chi connectivity index (χ3v) is 1.90. The molecule has 0 amide bonds. The molecule has 1 aromatic carbocycles. The lowest BCUT2D eigenvalue weighted by Gasteiger charge is -2.20. The number of benzene rings is 1. The fourth-order valence-electron chi connectivity index (χ4n) is 1.30. The number of nitrogens with two attached hydrogens (primary N) is 1. The van der Waals surface area contributed by atoms with E-state index < -0.39 is 0 Å². The van der Waals surface area contributed by atoms with Crippen LogP contribution in [0.4, 0.5) is 0 Å². The molecule has 0 aliphatic carbocycles. The van der Waals surface area contributed by atoms with Crippen molar-refractivity contribution in [1.29, 1.82) is 0 Å². The van der Waals surface area contributed by atoms with Gasteiger partial charge in [0.15, 0.2) is 0 Å². The summed E-state index contributed by atoms with van der Waals surface area (Å²) in [6.45, 7) is 3.21. The van der Waals surface area contributed by atoms with Crippen LogP contribution in [0.25, 0.3) is 0 Å². The Balaban J connectivity index is 2.83. The molecule has 0 fully saturated rings. The van der Waals surface area contributed by atoms with Crippen LogP contribution in [-0.4, -0.2) is 12.0 Å². The number of hydrogen-bond acceptors (Lipinski definition) is 3. The standard InChI is InChI=1S/C11H15NO2/c1-8(12)11(14-9(2)13)10-6-4-3-5-7-10/h3-8,11H,12H2,1-2H3/t8-,11-/m0/s1. The largest absolute Gasteiger partial charge is 0.456 e. The van der Waals surface area contributed by atoms with Crippen molar-refractivity contribution in [3.05, 3.63) is 35.9 Å². The summed E-state index contributed by atoms with van der Waals surface area (Å²) in [5.74, 6) is -0.309. The highest BCUT2D eigenvalue weighted by Gasteiger charge is 2.18. The normalized spacial score (nSPS) is 14.5. The molecule has 0 unspecified atom stereocenters. The molecule has 0 aliphatic heterocycles. The second kappa shape index (κ2) is 4.77. The third-order valence-electron chi connectivity index (χ3n) is 1.90. The molecule has 1 rings (SSSR count). The zero-order valence-corrected chi connectivity index (χ0v) is 8.44. The summed E-state index contributed by atoms with van der Waals surface area (Å²) in [4.78, 5) is 10.9. The Bertz CT molecular complexity index is 295. The minimum absolute atomic E-state index is 0.207. The van der Waals surface area contributed by atoms with E-state index in [1.165, 1.54) is 6.92 Å². The molecule has 0 heterocycles. The first-order chi connectivity index (χ1) is 6.61. The summed E-state index contributed by atoms with van der Waals surface area (Å²) in [5.41, 5.74) is 6.67. The fraction of sp³-hybridized carbons (Fsp3) is 0.364. The monoisotopic (exact) mass is 193 g/mol. The molecule has 0 aromatic heterocycles. The van der Waals surface area contributed by atoms with E-state index in [0.29, 0.717) is 0 Å². The predicted octanol–water partition coefficient (Wildman–Crippen LogP) is 1.64. The van der Waals surface area contributed by atoms with Crippen molar-refractivity contribution < 1.29 is 9.53 Å². The van der Waals surface area contributed by atoms with Gasteiger partial charge in [-0.1, -0.05) is 30.3 Å². The first kappa shape index (κ1) is 10.7. The molecule has 2 N–H and O–H groups in total. The topological polar surface area (TPSA) is 52.3 Å². The average Bonchev–Trinajstić information content (AvgIpc) is 2.15. The highest BCUT2D eigenvalue weighted by Crippen LogP contribution is 2.19. The Morgan fingerprint density at radius 1 is 1.36 bits per heavy atom. The van der Waals surface area contributed by atoms with Crippen LogP contribution in [0.5, 0.6) is 0 Å². The van der Waals surface area contributed by atoms with Gasteiger partial charge in [-0.2, -0.15) is 0 Å². The van der Waals surface area contributed by atoms with E-state index in [4.69, 9.17) is 10.5 Å². The zero-order chi connectivity index (χ0) is 10.6. The van der Waals surface area contributed by atoms with E-state index in [1.807, 2.05) is 37.3 Å². The second-order valence-electron chi connectivity index (χ2n) is 3.30. The lowest BCUT2D eigenvalue weighted by atomic mass is 10.0. The maximum absolute atomic E-state index is 10.9. The Morgan fingerprint density at radius 2 is 1.93 bits per heavy atom. The highest BCUT2D eigenvalue weighted by molar-refractivity contribution is 5.66. The number of esters is 1. The van der Waals surface area contributed by atoms with E-state index in [2.05, 4.69) is 0 Å². The van der Waals surface area contributed by atoms with Crippen molar-refractivity contribution in [1.82, 2.24) is 0 Å². The van der Waals surface area contributed by atoms with Crippen molar-refractivity contribution in [2.75, 3.05) is 0 Å². The van der Waals surface area contributed by atoms with E-state index in [9.17, 15) is 4.79 Å². The molecule has 14 heavy (non-hydrogen) atoms. The van der Waals surface area contributed by atoms with Crippen molar-refractivity contribution in [2.24, 2.45) is 5.73 Å². The van der Waals surface area contributed by atoms with Crippen LogP contribution < -0.4 is 5.73 Å². The smallest absolute Gasteiger partial charge is 0.303 e. The fourth-order valence-corrected chi connectivity index (χ4v) is 1.30. The highest BCUT2D eigenvalue weighted by atomic mass is 16.5. The summed E-state index contributed by atoms with van der Waals surface area (Å²) in [7, 11) is 0. The van der Waals surface area contributed by atoms with Gasteiger partial charge in [0.2, 0.25) is 0 Å². The molecule has 3 heteroatoms. The van der Waals surface area contributed by atoms with Crippen molar-refractivity contribution in [3.63, 3.8) is 0 Å². The zero-order valence-electron chi connectivity index (χ0n) is 8.44. The van der Waals surface area contributed by atoms with Gasteiger partial charge in [0.05, 0.1) is 0 Å². The molecule has 0 spiro atoms. The molecule has 0 saturated heterocycles. The van der Waals surface area contributed by atoms with Gasteiger partial charge in [-0.05, 0) is 12.5 Å². The molecule has 0 bridgehead atoms. The van der Waals surface area contributed by atoms with Crippen LogP contribution in [0.3, 0.4) is 0 Å². The number of carbonyl (C=O) groups is 1. The number of hydrogen-bond donors (Lipinski definition) is 1. The average molecular weight is 193 g/mol. The minimum Gasteiger partial charge on any atom is -0.456 e. The van der Waals surface area contributed by atoms with Gasteiger partial charge in [0.1, 0.15) is 6.10 Å². The van der Waals surface area contributed by atoms with Crippen LogP contribution in [-0.2, 0) is 9.53 Å². The minimum atomic E-state index is -0.353. The number of ether oxygens (including phenoxy) is 1. The molecule has 3 nitrogen and oxygen atoms in total. The molecule has 2 atom stereocenters. The Morgan fingerprint density at radius 3 is 2.36 bits per heavy atom. The summed E-state index contributed by atoms with van der Waals surface area (Å²) < 4.78 is 5.13.